The van der Waals surface area contributed by atoms with Crippen molar-refractivity contribution in [2.75, 3.05) is 62.1 Å². The largest absolute Gasteiger partial charge is 0.493 e. The van der Waals surface area contributed by atoms with E-state index in [0.717, 1.165) is 80.9 Å². The quantitative estimate of drug-likeness (QED) is 0.278. The third-order valence-electron chi connectivity index (χ3n) is 10.1. The van der Waals surface area contributed by atoms with Crippen molar-refractivity contribution < 1.29 is 27.5 Å². The summed E-state index contributed by atoms with van der Waals surface area (Å²) in [6.07, 6.45) is 10.9. The number of benzene rings is 1. The number of carbonyl (C=O) groups is 2. The Morgan fingerprint density at radius 1 is 1.00 bits per heavy atom. The van der Waals surface area contributed by atoms with Gasteiger partial charge in [0.05, 0.1) is 12.4 Å². The van der Waals surface area contributed by atoms with Crippen LogP contribution >= 0.6 is 0 Å². The first kappa shape index (κ1) is 33.5. The summed E-state index contributed by atoms with van der Waals surface area (Å²) in [6.45, 7) is 3.35. The summed E-state index contributed by atoms with van der Waals surface area (Å²) in [5.41, 5.74) is 2.14. The normalized spacial score (nSPS) is 23.8. The first-order valence-corrected chi connectivity index (χ1v) is 19.2. The molecule has 1 N–H and O–H groups in total. The first-order chi connectivity index (χ1) is 22.6. The second-order valence-electron chi connectivity index (χ2n) is 13.5. The van der Waals surface area contributed by atoms with Crippen LogP contribution in [-0.4, -0.2) is 110 Å². The molecule has 1 unspecified atom stereocenters. The minimum Gasteiger partial charge on any atom is -0.493 e. The first-order valence-electron chi connectivity index (χ1n) is 17.1. The fourth-order valence-electron chi connectivity index (χ4n) is 7.42. The number of hydrogen-bond acceptors (Lipinski definition) is 11. The minimum atomic E-state index is -3.01. The number of likely N-dealkylation sites (N-methyl/N-ethyl adjacent to an activating group) is 1. The van der Waals surface area contributed by atoms with Crippen molar-refractivity contribution in [2.45, 2.75) is 82.4 Å². The summed E-state index contributed by atoms with van der Waals surface area (Å²) in [5, 5.41) is 3.52. The van der Waals surface area contributed by atoms with Crippen molar-refractivity contribution in [3.8, 4) is 5.75 Å². The Kier molecular flexibility index (Phi) is 10.5. The molecule has 4 heterocycles. The zero-order valence-corrected chi connectivity index (χ0v) is 28.4. The topological polar surface area (TPSA) is 134 Å². The van der Waals surface area contributed by atoms with Crippen molar-refractivity contribution in [3.05, 3.63) is 36.0 Å². The molecule has 3 aliphatic heterocycles. The molecule has 1 amide bonds. The molecule has 0 bridgehead atoms. The van der Waals surface area contributed by atoms with Gasteiger partial charge in [-0.25, -0.2) is 13.4 Å². The summed E-state index contributed by atoms with van der Waals surface area (Å²) in [4.78, 5) is 41.5. The number of esters is 1. The Hall–Kier alpha value is -3.45. The smallest absolute Gasteiger partial charge is 0.323 e. The minimum absolute atomic E-state index is 0.0235. The number of sulfone groups is 1. The van der Waals surface area contributed by atoms with Crippen LogP contribution < -0.4 is 15.0 Å². The fourth-order valence-corrected chi connectivity index (χ4v) is 8.06. The highest BCUT2D eigenvalue weighted by Gasteiger charge is 2.35. The number of hydrogen-bond donors (Lipinski definition) is 1. The van der Waals surface area contributed by atoms with Gasteiger partial charge in [-0.05, 0) is 83.2 Å². The van der Waals surface area contributed by atoms with Crippen LogP contribution in [0.15, 0.2) is 30.5 Å². The molecule has 3 fully saturated rings. The van der Waals surface area contributed by atoms with Gasteiger partial charge in [0.25, 0.3) is 0 Å². The van der Waals surface area contributed by atoms with Gasteiger partial charge in [-0.3, -0.25) is 14.5 Å². The number of nitrogens with one attached hydrogen (secondary N) is 1. The Balaban J connectivity index is 0.961. The second-order valence-corrected chi connectivity index (χ2v) is 15.8. The van der Waals surface area contributed by atoms with Crippen LogP contribution in [0.25, 0.3) is 0 Å². The van der Waals surface area contributed by atoms with E-state index in [1.165, 1.54) is 6.26 Å². The maximum Gasteiger partial charge on any atom is 0.323 e. The Bertz CT molecular complexity index is 1520. The standard InChI is InChI=1S/C34H48N6O6S/c1-38-18-4-7-29(38)33(42)46-26-14-19-39(20-15-26)32(41)24-9-11-25(12-10-24)36-34-35-17-13-31(37-34)40-21-16-27-28(40)6-3-8-30(27)45-22-5-23-47(2,43)44/h3,6,8,13,17,24-26,29H,4-5,7,9-12,14-16,18-23H2,1-2H3,(H,35,36,37)/t24-,25-,29?. The Labute approximate surface area is 278 Å². The van der Waals surface area contributed by atoms with E-state index in [-0.39, 0.29) is 41.7 Å². The lowest BCUT2D eigenvalue weighted by molar-refractivity contribution is -0.157. The average Bonchev–Trinajstić information content (AvgIpc) is 3.70. The van der Waals surface area contributed by atoms with Gasteiger partial charge >= 0.3 is 5.97 Å². The van der Waals surface area contributed by atoms with E-state index in [4.69, 9.17) is 14.5 Å². The van der Waals surface area contributed by atoms with Crippen molar-refractivity contribution in [2.24, 2.45) is 5.92 Å². The van der Waals surface area contributed by atoms with E-state index in [1.54, 1.807) is 6.20 Å². The number of rotatable bonds is 11. The molecule has 1 atom stereocenters. The van der Waals surface area contributed by atoms with Crippen LogP contribution in [0.2, 0.25) is 0 Å². The van der Waals surface area contributed by atoms with Gasteiger partial charge in [-0.1, -0.05) is 6.07 Å². The lowest BCUT2D eigenvalue weighted by Crippen LogP contribution is -2.46. The molecular formula is C34H48N6O6S. The number of amides is 1. The van der Waals surface area contributed by atoms with Gasteiger partial charge in [-0.15, -0.1) is 0 Å². The number of piperidine rings is 1. The number of likely N-dealkylation sites (tertiary alicyclic amines) is 2. The lowest BCUT2D eigenvalue weighted by Gasteiger charge is -2.36. The molecule has 0 radical (unpaired) electrons. The summed E-state index contributed by atoms with van der Waals surface area (Å²) >= 11 is 0. The van der Waals surface area contributed by atoms with Crippen molar-refractivity contribution in [1.82, 2.24) is 19.8 Å². The lowest BCUT2D eigenvalue weighted by atomic mass is 9.85. The number of anilines is 3. The van der Waals surface area contributed by atoms with Crippen molar-refractivity contribution >= 4 is 39.2 Å². The fraction of sp³-hybridized carbons (Fsp3) is 0.647. The molecule has 0 spiro atoms. The van der Waals surface area contributed by atoms with Gasteiger partial charge in [0.1, 0.15) is 33.6 Å². The molecule has 6 rings (SSSR count). The highest BCUT2D eigenvalue weighted by Crippen LogP contribution is 2.39. The molecule has 12 nitrogen and oxygen atoms in total. The van der Waals surface area contributed by atoms with Gasteiger partial charge in [0.2, 0.25) is 11.9 Å². The Morgan fingerprint density at radius 2 is 1.79 bits per heavy atom. The monoisotopic (exact) mass is 668 g/mol. The van der Waals surface area contributed by atoms with Gasteiger partial charge < -0.3 is 24.6 Å². The van der Waals surface area contributed by atoms with Crippen LogP contribution in [0, 0.1) is 5.92 Å². The molecule has 1 aromatic heterocycles. The van der Waals surface area contributed by atoms with Crippen molar-refractivity contribution in [1.29, 1.82) is 0 Å². The molecular weight excluding hydrogens is 620 g/mol. The summed E-state index contributed by atoms with van der Waals surface area (Å²) in [5.74, 6) is 2.43. The van der Waals surface area contributed by atoms with E-state index in [1.807, 2.05) is 30.1 Å². The molecule has 4 aliphatic rings. The SMILES string of the molecule is CN1CCCC1C(=O)OC1CCN(C(=O)[C@H]2CC[C@H](Nc3nccc(N4CCc5c(OCCCS(C)(=O)=O)cccc54)n3)CC2)CC1. The second kappa shape index (κ2) is 14.8. The molecule has 2 aromatic rings. The van der Waals surface area contributed by atoms with Gasteiger partial charge in [0, 0.05) is 68.1 Å². The number of aromatic nitrogens is 2. The molecule has 13 heteroatoms. The number of carbonyl (C=O) groups excluding carboxylic acids is 2. The van der Waals surface area contributed by atoms with E-state index in [2.05, 4.69) is 26.2 Å². The van der Waals surface area contributed by atoms with E-state index in [0.29, 0.717) is 44.9 Å². The molecule has 1 saturated carbocycles. The summed E-state index contributed by atoms with van der Waals surface area (Å²) in [6, 6.07) is 7.94. The maximum atomic E-state index is 13.4. The molecule has 2 saturated heterocycles. The highest BCUT2D eigenvalue weighted by molar-refractivity contribution is 7.90. The van der Waals surface area contributed by atoms with Crippen LogP contribution in [0.4, 0.5) is 17.5 Å². The molecule has 256 valence electrons. The van der Waals surface area contributed by atoms with Crippen molar-refractivity contribution in [3.63, 3.8) is 0 Å². The zero-order valence-electron chi connectivity index (χ0n) is 27.6. The molecule has 47 heavy (non-hydrogen) atoms. The highest BCUT2D eigenvalue weighted by atomic mass is 32.2. The van der Waals surface area contributed by atoms with Crippen LogP contribution in [0.1, 0.15) is 63.4 Å². The number of ether oxygens (including phenoxy) is 2. The third kappa shape index (κ3) is 8.35. The zero-order chi connectivity index (χ0) is 33.0. The Morgan fingerprint density at radius 3 is 2.51 bits per heavy atom. The van der Waals surface area contributed by atoms with Gasteiger partial charge in [-0.2, -0.15) is 4.98 Å². The molecule has 1 aromatic carbocycles. The third-order valence-corrected chi connectivity index (χ3v) is 11.1. The van der Waals surface area contributed by atoms with E-state index >= 15 is 0 Å². The van der Waals surface area contributed by atoms with E-state index in [9.17, 15) is 18.0 Å². The van der Waals surface area contributed by atoms with Crippen LogP contribution in [0.5, 0.6) is 5.75 Å². The molecule has 1 aliphatic carbocycles. The summed E-state index contributed by atoms with van der Waals surface area (Å²) in [7, 11) is -1.03. The summed E-state index contributed by atoms with van der Waals surface area (Å²) < 4.78 is 34.7. The number of nitrogens with zero attached hydrogens (tertiary/aromatic N) is 5. The van der Waals surface area contributed by atoms with Crippen LogP contribution in [0.3, 0.4) is 0 Å². The predicted octanol–water partition coefficient (Wildman–Crippen LogP) is 3.58. The predicted molar refractivity (Wildman–Crippen MR) is 180 cm³/mol. The van der Waals surface area contributed by atoms with Crippen LogP contribution in [-0.2, 0) is 30.6 Å². The van der Waals surface area contributed by atoms with E-state index < -0.39 is 9.84 Å². The maximum absolute atomic E-state index is 13.4. The number of fused-ring (bicyclic) bond motifs is 1. The average molecular weight is 669 g/mol. The van der Waals surface area contributed by atoms with Gasteiger partial charge in [0.15, 0.2) is 0 Å².